The van der Waals surface area contributed by atoms with Crippen molar-refractivity contribution in [2.75, 3.05) is 13.7 Å². The molecule has 0 radical (unpaired) electrons. The molecule has 0 fully saturated rings. The van der Waals surface area contributed by atoms with Crippen molar-refractivity contribution in [1.82, 2.24) is 14.7 Å². The number of nitrogens with zero attached hydrogens (tertiary/aromatic N) is 3. The van der Waals surface area contributed by atoms with E-state index in [9.17, 15) is 4.79 Å². The van der Waals surface area contributed by atoms with Crippen LogP contribution in [0, 0.1) is 0 Å². The zero-order valence-electron chi connectivity index (χ0n) is 12.9. The first-order valence-corrected chi connectivity index (χ1v) is 7.24. The highest BCUT2D eigenvalue weighted by Crippen LogP contribution is 2.20. The maximum absolute atomic E-state index is 12.6. The van der Waals surface area contributed by atoms with Crippen LogP contribution >= 0.6 is 0 Å². The van der Waals surface area contributed by atoms with Gasteiger partial charge in [-0.2, -0.15) is 5.10 Å². The Balaban J connectivity index is 1.78. The van der Waals surface area contributed by atoms with Gasteiger partial charge in [-0.25, -0.2) is 0 Å². The van der Waals surface area contributed by atoms with Gasteiger partial charge in [-0.15, -0.1) is 0 Å². The number of carbonyl (C=O) groups excluding carboxylic acids is 1. The highest BCUT2D eigenvalue weighted by molar-refractivity contribution is 5.94. The zero-order valence-corrected chi connectivity index (χ0v) is 12.9. The molecule has 0 bridgehead atoms. The molecule has 0 N–H and O–H groups in total. The van der Waals surface area contributed by atoms with Crippen molar-refractivity contribution in [3.8, 4) is 5.75 Å². The number of methoxy groups -OCH3 is 1. The van der Waals surface area contributed by atoms with Gasteiger partial charge < -0.3 is 9.64 Å². The van der Waals surface area contributed by atoms with E-state index in [2.05, 4.69) is 11.7 Å². The van der Waals surface area contributed by atoms with Crippen LogP contribution in [0.3, 0.4) is 0 Å². The molecule has 114 valence electrons. The number of allylic oxidation sites excluding steroid dienone is 1. The fraction of sp³-hybridized carbons (Fsp3) is 0.294. The van der Waals surface area contributed by atoms with Gasteiger partial charge in [-0.1, -0.05) is 6.58 Å². The lowest BCUT2D eigenvalue weighted by atomic mass is 10.1. The molecule has 3 rings (SSSR count). The first-order valence-electron chi connectivity index (χ1n) is 7.24. The maximum Gasteiger partial charge on any atom is 0.254 e. The summed E-state index contributed by atoms with van der Waals surface area (Å²) in [5.41, 5.74) is 3.56. The summed E-state index contributed by atoms with van der Waals surface area (Å²) in [4.78, 5) is 14.4. The standard InChI is InChI=1S/C17H19N3O2/c1-12(2)16-10-14-11-19(8-9-20(14)18-16)17(21)13-4-6-15(22-3)7-5-13/h4-7,10H,1,8-9,11H2,2-3H3. The Hall–Kier alpha value is -2.56. The molecule has 5 heteroatoms. The Bertz CT molecular complexity index is 716. The summed E-state index contributed by atoms with van der Waals surface area (Å²) in [5.74, 6) is 0.784. The molecule has 1 aromatic heterocycles. The summed E-state index contributed by atoms with van der Waals surface area (Å²) in [7, 11) is 1.61. The summed E-state index contributed by atoms with van der Waals surface area (Å²) in [6, 6.07) is 9.22. The van der Waals surface area contributed by atoms with Gasteiger partial charge in [0.2, 0.25) is 0 Å². The first kappa shape index (κ1) is 14.4. The van der Waals surface area contributed by atoms with Crippen molar-refractivity contribution < 1.29 is 9.53 Å². The Morgan fingerprint density at radius 3 is 2.64 bits per heavy atom. The molecule has 0 unspecified atom stereocenters. The molecule has 1 amide bonds. The lowest BCUT2D eigenvalue weighted by Gasteiger charge is -2.27. The zero-order chi connectivity index (χ0) is 15.7. The van der Waals surface area contributed by atoms with E-state index in [-0.39, 0.29) is 5.91 Å². The van der Waals surface area contributed by atoms with Crippen LogP contribution in [-0.4, -0.2) is 34.2 Å². The summed E-state index contributed by atoms with van der Waals surface area (Å²) in [5, 5.41) is 4.50. The van der Waals surface area contributed by atoms with E-state index in [0.717, 1.165) is 22.7 Å². The lowest BCUT2D eigenvalue weighted by molar-refractivity contribution is 0.0706. The Morgan fingerprint density at radius 2 is 2.00 bits per heavy atom. The van der Waals surface area contributed by atoms with Gasteiger partial charge in [0.1, 0.15) is 5.75 Å². The molecule has 0 spiro atoms. The normalized spacial score (nSPS) is 13.6. The van der Waals surface area contributed by atoms with Crippen LogP contribution in [-0.2, 0) is 13.1 Å². The van der Waals surface area contributed by atoms with Crippen LogP contribution in [0.15, 0.2) is 36.9 Å². The molecule has 0 saturated heterocycles. The average molecular weight is 297 g/mol. The number of rotatable bonds is 3. The quantitative estimate of drug-likeness (QED) is 0.875. The monoisotopic (exact) mass is 297 g/mol. The second kappa shape index (κ2) is 5.67. The fourth-order valence-electron chi connectivity index (χ4n) is 2.56. The highest BCUT2D eigenvalue weighted by atomic mass is 16.5. The van der Waals surface area contributed by atoms with Crippen LogP contribution in [0.1, 0.15) is 28.7 Å². The SMILES string of the molecule is C=C(C)c1cc2n(n1)CCN(C(=O)c1ccc(OC)cc1)C2. The minimum absolute atomic E-state index is 0.0342. The number of aromatic nitrogens is 2. The summed E-state index contributed by atoms with van der Waals surface area (Å²) in [6.07, 6.45) is 0. The number of hydrogen-bond acceptors (Lipinski definition) is 3. The third-order valence-corrected chi connectivity index (χ3v) is 3.86. The van der Waals surface area contributed by atoms with Gasteiger partial charge >= 0.3 is 0 Å². The van der Waals surface area contributed by atoms with E-state index in [1.165, 1.54) is 0 Å². The first-order chi connectivity index (χ1) is 10.6. The molecule has 2 heterocycles. The van der Waals surface area contributed by atoms with Crippen LogP contribution < -0.4 is 4.74 Å². The Labute approximate surface area is 129 Å². The molecule has 5 nitrogen and oxygen atoms in total. The van der Waals surface area contributed by atoms with Crippen molar-refractivity contribution >= 4 is 11.5 Å². The summed E-state index contributed by atoms with van der Waals surface area (Å²) >= 11 is 0. The third kappa shape index (κ3) is 2.62. The van der Waals surface area contributed by atoms with Crippen molar-refractivity contribution in [2.24, 2.45) is 0 Å². The van der Waals surface area contributed by atoms with Crippen LogP contribution in [0.4, 0.5) is 0 Å². The molecular formula is C17H19N3O2. The summed E-state index contributed by atoms with van der Waals surface area (Å²) < 4.78 is 7.08. The number of hydrogen-bond donors (Lipinski definition) is 0. The smallest absolute Gasteiger partial charge is 0.254 e. The van der Waals surface area contributed by atoms with Crippen molar-refractivity contribution in [1.29, 1.82) is 0 Å². The molecule has 0 aliphatic carbocycles. The number of amides is 1. The third-order valence-electron chi connectivity index (χ3n) is 3.86. The van der Waals surface area contributed by atoms with Crippen molar-refractivity contribution in [3.63, 3.8) is 0 Å². The predicted molar refractivity (Wildman–Crippen MR) is 84.7 cm³/mol. The average Bonchev–Trinajstić information content (AvgIpc) is 2.97. The molecule has 22 heavy (non-hydrogen) atoms. The number of benzene rings is 1. The van der Waals surface area contributed by atoms with Gasteiger partial charge in [0, 0.05) is 12.1 Å². The molecule has 1 aromatic carbocycles. The molecule has 0 saturated carbocycles. The van der Waals surface area contributed by atoms with Crippen molar-refractivity contribution in [2.45, 2.75) is 20.0 Å². The molecule has 2 aromatic rings. The van der Waals surface area contributed by atoms with Crippen molar-refractivity contribution in [3.05, 3.63) is 53.9 Å². The van der Waals surface area contributed by atoms with Gasteiger partial charge in [-0.05, 0) is 42.8 Å². The van der Waals surface area contributed by atoms with E-state index in [1.54, 1.807) is 31.4 Å². The largest absolute Gasteiger partial charge is 0.497 e. The summed E-state index contributed by atoms with van der Waals surface area (Å²) in [6.45, 7) is 7.81. The molecular weight excluding hydrogens is 278 g/mol. The number of ether oxygens (including phenoxy) is 1. The van der Waals surface area contributed by atoms with E-state index < -0.39 is 0 Å². The van der Waals surface area contributed by atoms with Crippen LogP contribution in [0.2, 0.25) is 0 Å². The van der Waals surface area contributed by atoms with Gasteiger partial charge in [0.15, 0.2) is 0 Å². The number of fused-ring (bicyclic) bond motifs is 1. The number of carbonyl (C=O) groups is 1. The molecule has 1 aliphatic rings. The lowest BCUT2D eigenvalue weighted by Crippen LogP contribution is -2.38. The van der Waals surface area contributed by atoms with Crippen LogP contribution in [0.25, 0.3) is 5.57 Å². The highest BCUT2D eigenvalue weighted by Gasteiger charge is 2.23. The fourth-order valence-corrected chi connectivity index (χ4v) is 2.56. The minimum Gasteiger partial charge on any atom is -0.497 e. The Kier molecular flexibility index (Phi) is 3.71. The Morgan fingerprint density at radius 1 is 1.27 bits per heavy atom. The van der Waals surface area contributed by atoms with Gasteiger partial charge in [0.25, 0.3) is 5.91 Å². The van der Waals surface area contributed by atoms with Crippen LogP contribution in [0.5, 0.6) is 5.75 Å². The van der Waals surface area contributed by atoms with E-state index in [0.29, 0.717) is 25.2 Å². The van der Waals surface area contributed by atoms with E-state index in [1.807, 2.05) is 22.6 Å². The minimum atomic E-state index is 0.0342. The molecule has 1 aliphatic heterocycles. The second-order valence-corrected chi connectivity index (χ2v) is 5.48. The molecule has 0 atom stereocenters. The topological polar surface area (TPSA) is 47.4 Å². The maximum atomic E-state index is 12.6. The predicted octanol–water partition coefficient (Wildman–Crippen LogP) is 2.58. The van der Waals surface area contributed by atoms with Gasteiger partial charge in [0.05, 0.1) is 31.6 Å². The van der Waals surface area contributed by atoms with E-state index in [4.69, 9.17) is 4.74 Å². The van der Waals surface area contributed by atoms with E-state index >= 15 is 0 Å². The van der Waals surface area contributed by atoms with Gasteiger partial charge in [-0.3, -0.25) is 9.48 Å². The second-order valence-electron chi connectivity index (χ2n) is 5.48.